The zero-order valence-corrected chi connectivity index (χ0v) is 16.1. The molecule has 2 heterocycles. The van der Waals surface area contributed by atoms with Gasteiger partial charge in [-0.25, -0.2) is 8.97 Å². The summed E-state index contributed by atoms with van der Waals surface area (Å²) in [5, 5.41) is 8.86. The van der Waals surface area contributed by atoms with Gasteiger partial charge in [-0.3, -0.25) is 9.88 Å². The van der Waals surface area contributed by atoms with Gasteiger partial charge in [0.25, 0.3) is 0 Å². The molecule has 4 nitrogen and oxygen atoms in total. The summed E-state index contributed by atoms with van der Waals surface area (Å²) in [7, 11) is 0. The first-order chi connectivity index (χ1) is 13.0. The first-order valence-corrected chi connectivity index (χ1v) is 9.83. The van der Waals surface area contributed by atoms with E-state index in [1.807, 2.05) is 30.5 Å². The SMILES string of the molecule is C=[N+](CC1=CC[C@@H](F)C=CC1)C(=N)C(c1cccnc1)N1CCC(C)CC1. The van der Waals surface area contributed by atoms with Crippen molar-refractivity contribution in [2.24, 2.45) is 5.92 Å². The number of amidine groups is 1. The average Bonchev–Trinajstić information content (AvgIpc) is 2.88. The summed E-state index contributed by atoms with van der Waals surface area (Å²) < 4.78 is 15.3. The molecule has 1 aromatic heterocycles. The highest BCUT2D eigenvalue weighted by molar-refractivity contribution is 5.79. The number of nitrogens with zero attached hydrogens (tertiary/aromatic N) is 3. The summed E-state index contributed by atoms with van der Waals surface area (Å²) >= 11 is 0. The summed E-state index contributed by atoms with van der Waals surface area (Å²) in [6.45, 7) is 8.94. The summed E-state index contributed by atoms with van der Waals surface area (Å²) in [6, 6.07) is 3.83. The number of likely N-dealkylation sites (tertiary alicyclic amines) is 1. The molecule has 1 aromatic rings. The second-order valence-electron chi connectivity index (χ2n) is 7.74. The zero-order valence-electron chi connectivity index (χ0n) is 16.1. The predicted octanol–water partition coefficient (Wildman–Crippen LogP) is 4.16. The van der Waals surface area contributed by atoms with Crippen molar-refractivity contribution in [2.45, 2.75) is 44.8 Å². The van der Waals surface area contributed by atoms with E-state index in [1.165, 1.54) is 0 Å². The van der Waals surface area contributed by atoms with Crippen LogP contribution in [0.25, 0.3) is 0 Å². The first-order valence-electron chi connectivity index (χ1n) is 9.83. The molecule has 2 atom stereocenters. The lowest BCUT2D eigenvalue weighted by atomic mass is 9.95. The van der Waals surface area contributed by atoms with Gasteiger partial charge in [0.15, 0.2) is 0 Å². The van der Waals surface area contributed by atoms with E-state index in [1.54, 1.807) is 16.8 Å². The highest BCUT2D eigenvalue weighted by Crippen LogP contribution is 2.28. The Labute approximate surface area is 161 Å². The summed E-state index contributed by atoms with van der Waals surface area (Å²) in [5.41, 5.74) is 2.15. The molecule has 5 heteroatoms. The fourth-order valence-corrected chi connectivity index (χ4v) is 3.81. The van der Waals surface area contributed by atoms with Gasteiger partial charge in [-0.1, -0.05) is 31.2 Å². The molecule has 0 radical (unpaired) electrons. The summed E-state index contributed by atoms with van der Waals surface area (Å²) in [5.74, 6) is 1.21. The van der Waals surface area contributed by atoms with Gasteiger partial charge >= 0.3 is 5.84 Å². The molecule has 1 aliphatic carbocycles. The maximum atomic E-state index is 13.5. The number of alkyl halides is 1. The van der Waals surface area contributed by atoms with Crippen LogP contribution < -0.4 is 0 Å². The minimum Gasteiger partial charge on any atom is -0.286 e. The standard InChI is InChI=1S/C22H30FN4/c1-17-10-13-27(14-11-17)21(19-6-4-12-25-15-19)22(24)26(2)16-18-5-3-7-20(23)9-8-18/h3-4,6-8,12,15,17,20-21,24H,2,5,9-11,13-14,16H2,1H3/q+1/t20-,21?/m0/s1. The molecule has 0 spiro atoms. The van der Waals surface area contributed by atoms with E-state index in [2.05, 4.69) is 23.5 Å². The number of aromatic nitrogens is 1. The number of nitrogens with one attached hydrogen (secondary N) is 1. The zero-order chi connectivity index (χ0) is 19.2. The molecule has 1 fully saturated rings. The van der Waals surface area contributed by atoms with Gasteiger partial charge < -0.3 is 0 Å². The number of rotatable bonds is 5. The largest absolute Gasteiger partial charge is 0.311 e. The highest BCUT2D eigenvalue weighted by atomic mass is 19.1. The topological polar surface area (TPSA) is 43.0 Å². The number of hydrogen-bond donors (Lipinski definition) is 1. The van der Waals surface area contributed by atoms with E-state index < -0.39 is 6.17 Å². The lowest BCUT2D eigenvalue weighted by Crippen LogP contribution is -2.43. The van der Waals surface area contributed by atoms with E-state index in [0.29, 0.717) is 18.8 Å². The van der Waals surface area contributed by atoms with Crippen LogP contribution in [0, 0.1) is 11.3 Å². The van der Waals surface area contributed by atoms with E-state index >= 15 is 0 Å². The molecule has 0 amide bonds. The van der Waals surface area contributed by atoms with Crippen LogP contribution in [0.3, 0.4) is 0 Å². The highest BCUT2D eigenvalue weighted by Gasteiger charge is 2.33. The second-order valence-corrected chi connectivity index (χ2v) is 7.74. The minimum atomic E-state index is -0.904. The van der Waals surface area contributed by atoms with E-state index in [4.69, 9.17) is 5.41 Å². The van der Waals surface area contributed by atoms with Gasteiger partial charge in [-0.05, 0) is 55.5 Å². The quantitative estimate of drug-likeness (QED) is 0.367. The number of piperidine rings is 1. The van der Waals surface area contributed by atoms with Crippen molar-refractivity contribution in [1.29, 1.82) is 5.41 Å². The van der Waals surface area contributed by atoms with Gasteiger partial charge in [0.05, 0.1) is 6.72 Å². The van der Waals surface area contributed by atoms with Gasteiger partial charge in [0.1, 0.15) is 18.8 Å². The van der Waals surface area contributed by atoms with Crippen molar-refractivity contribution < 1.29 is 8.97 Å². The maximum Gasteiger partial charge on any atom is 0.311 e. The molecule has 1 saturated heterocycles. The molecule has 0 bridgehead atoms. The number of hydrogen-bond acceptors (Lipinski definition) is 3. The molecule has 2 aliphatic rings. The minimum absolute atomic E-state index is 0.139. The van der Waals surface area contributed by atoms with Crippen molar-refractivity contribution in [3.05, 3.63) is 53.9 Å². The molecule has 0 saturated carbocycles. The summed E-state index contributed by atoms with van der Waals surface area (Å²) in [6.07, 6.45) is 11.6. The van der Waals surface area contributed by atoms with Crippen molar-refractivity contribution >= 4 is 12.6 Å². The fourth-order valence-electron chi connectivity index (χ4n) is 3.81. The molecule has 1 unspecified atom stereocenters. The molecular formula is C22H30FN4+. The van der Waals surface area contributed by atoms with Gasteiger partial charge in [0.2, 0.25) is 0 Å². The number of halogens is 1. The fraction of sp³-hybridized carbons (Fsp3) is 0.500. The Kier molecular flexibility index (Phi) is 6.67. The second kappa shape index (κ2) is 9.18. The van der Waals surface area contributed by atoms with Crippen LogP contribution in [-0.2, 0) is 0 Å². The first kappa shape index (κ1) is 19.6. The van der Waals surface area contributed by atoms with Crippen LogP contribution in [0.15, 0.2) is 48.3 Å². The molecule has 0 aromatic carbocycles. The Morgan fingerprint density at radius 2 is 2.22 bits per heavy atom. The van der Waals surface area contributed by atoms with Crippen LogP contribution in [0.1, 0.15) is 44.2 Å². The Morgan fingerprint density at radius 1 is 1.44 bits per heavy atom. The van der Waals surface area contributed by atoms with Crippen LogP contribution >= 0.6 is 0 Å². The van der Waals surface area contributed by atoms with Crippen LogP contribution in [0.2, 0.25) is 0 Å². The Balaban J connectivity index is 1.76. The van der Waals surface area contributed by atoms with Gasteiger partial charge in [0, 0.05) is 18.8 Å². The smallest absolute Gasteiger partial charge is 0.286 e. The van der Waals surface area contributed by atoms with Gasteiger partial charge in [-0.2, -0.15) is 0 Å². The molecule has 144 valence electrons. The molecular weight excluding hydrogens is 339 g/mol. The predicted molar refractivity (Wildman–Crippen MR) is 108 cm³/mol. The van der Waals surface area contributed by atoms with Crippen molar-refractivity contribution in [3.8, 4) is 0 Å². The third-order valence-electron chi connectivity index (χ3n) is 5.53. The molecule has 1 aliphatic heterocycles. The Bertz CT molecular complexity index is 717. The van der Waals surface area contributed by atoms with E-state index in [-0.39, 0.29) is 6.04 Å². The molecule has 1 N–H and O–H groups in total. The van der Waals surface area contributed by atoms with Gasteiger partial charge in [-0.15, -0.1) is 5.41 Å². The third-order valence-corrected chi connectivity index (χ3v) is 5.53. The lowest BCUT2D eigenvalue weighted by molar-refractivity contribution is -0.396. The maximum absolute atomic E-state index is 13.5. The Hall–Kier alpha value is -2.14. The monoisotopic (exact) mass is 369 g/mol. The van der Waals surface area contributed by atoms with Crippen LogP contribution in [-0.4, -0.2) is 52.8 Å². The number of allylic oxidation sites excluding steroid dienone is 3. The molecule has 27 heavy (non-hydrogen) atoms. The number of pyridine rings is 1. The van der Waals surface area contributed by atoms with Crippen LogP contribution in [0.4, 0.5) is 4.39 Å². The average molecular weight is 370 g/mol. The van der Waals surface area contributed by atoms with E-state index in [9.17, 15) is 4.39 Å². The lowest BCUT2D eigenvalue weighted by Gasteiger charge is -2.35. The van der Waals surface area contributed by atoms with Crippen LogP contribution in [0.5, 0.6) is 0 Å². The van der Waals surface area contributed by atoms with Crippen molar-refractivity contribution in [1.82, 2.24) is 9.88 Å². The van der Waals surface area contributed by atoms with Crippen molar-refractivity contribution in [3.63, 3.8) is 0 Å². The Morgan fingerprint density at radius 3 is 2.93 bits per heavy atom. The van der Waals surface area contributed by atoms with Crippen molar-refractivity contribution in [2.75, 3.05) is 19.6 Å². The molecule has 3 rings (SSSR count). The van der Waals surface area contributed by atoms with E-state index in [0.717, 1.165) is 49.4 Å². The normalized spacial score (nSPS) is 22.7. The summed E-state index contributed by atoms with van der Waals surface area (Å²) in [4.78, 5) is 6.64. The third kappa shape index (κ3) is 5.19.